The largest absolute Gasteiger partial charge is 0.335 e. The highest BCUT2D eigenvalue weighted by Crippen LogP contribution is 2.29. The minimum absolute atomic E-state index is 0.157. The van der Waals surface area contributed by atoms with Crippen LogP contribution in [0.15, 0.2) is 24.3 Å². The summed E-state index contributed by atoms with van der Waals surface area (Å²) in [6.45, 7) is 3.09. The molecule has 1 fully saturated rings. The summed E-state index contributed by atoms with van der Waals surface area (Å²) in [5, 5.41) is 0. The number of rotatable bonds is 6. The third kappa shape index (κ3) is 4.03. The fourth-order valence-corrected chi connectivity index (χ4v) is 2.09. The Hall–Kier alpha value is -1.42. The van der Waals surface area contributed by atoms with Gasteiger partial charge in [0, 0.05) is 19.0 Å². The zero-order chi connectivity index (χ0) is 13.8. The van der Waals surface area contributed by atoms with Gasteiger partial charge in [-0.15, -0.1) is 0 Å². The first kappa shape index (κ1) is 14.0. The van der Waals surface area contributed by atoms with Gasteiger partial charge in [0.15, 0.2) is 0 Å². The minimum Gasteiger partial charge on any atom is -0.335 e. The lowest BCUT2D eigenvalue weighted by molar-refractivity contribution is -0.133. The van der Waals surface area contributed by atoms with Crippen molar-refractivity contribution in [2.45, 2.75) is 38.8 Å². The highest BCUT2D eigenvalue weighted by molar-refractivity contribution is 5.77. The van der Waals surface area contributed by atoms with Gasteiger partial charge in [-0.05, 0) is 43.0 Å². The van der Waals surface area contributed by atoms with Crippen molar-refractivity contribution in [1.29, 1.82) is 0 Å². The van der Waals surface area contributed by atoms with E-state index in [1.165, 1.54) is 12.1 Å². The molecule has 4 heteroatoms. The van der Waals surface area contributed by atoms with Gasteiger partial charge in [0.1, 0.15) is 5.82 Å². The molecule has 2 rings (SSSR count). The molecule has 2 N–H and O–H groups in total. The highest BCUT2D eigenvalue weighted by Gasteiger charge is 2.32. The molecule has 3 nitrogen and oxygen atoms in total. The maximum atomic E-state index is 12.9. The first-order valence-corrected chi connectivity index (χ1v) is 6.84. The van der Waals surface area contributed by atoms with Crippen molar-refractivity contribution in [2.75, 3.05) is 6.54 Å². The Morgan fingerprint density at radius 3 is 2.58 bits per heavy atom. The van der Waals surface area contributed by atoms with Gasteiger partial charge in [-0.1, -0.05) is 19.1 Å². The van der Waals surface area contributed by atoms with Crippen LogP contribution in [0.25, 0.3) is 0 Å². The predicted molar refractivity (Wildman–Crippen MR) is 72.8 cm³/mol. The maximum Gasteiger partial charge on any atom is 0.223 e. The lowest BCUT2D eigenvalue weighted by atomic mass is 10.1. The average Bonchev–Trinajstić information content (AvgIpc) is 3.22. The van der Waals surface area contributed by atoms with E-state index < -0.39 is 0 Å². The number of carbonyl (C=O) groups is 1. The van der Waals surface area contributed by atoms with Crippen LogP contribution >= 0.6 is 0 Å². The van der Waals surface area contributed by atoms with Crippen molar-refractivity contribution in [3.8, 4) is 0 Å². The fraction of sp³-hybridized carbons (Fsp3) is 0.533. The second kappa shape index (κ2) is 6.15. The van der Waals surface area contributed by atoms with E-state index in [4.69, 9.17) is 5.73 Å². The van der Waals surface area contributed by atoms with Gasteiger partial charge in [0.05, 0.1) is 0 Å². The van der Waals surface area contributed by atoms with Crippen molar-refractivity contribution in [1.82, 2.24) is 4.90 Å². The smallest absolute Gasteiger partial charge is 0.223 e. The van der Waals surface area contributed by atoms with Crippen LogP contribution in [0.5, 0.6) is 0 Å². The van der Waals surface area contributed by atoms with Crippen LogP contribution in [-0.4, -0.2) is 23.4 Å². The molecule has 0 saturated heterocycles. The topological polar surface area (TPSA) is 46.3 Å². The van der Waals surface area contributed by atoms with Gasteiger partial charge in [0.2, 0.25) is 5.91 Å². The average molecular weight is 264 g/mol. The van der Waals surface area contributed by atoms with E-state index in [9.17, 15) is 9.18 Å². The first-order chi connectivity index (χ1) is 9.10. The van der Waals surface area contributed by atoms with E-state index in [0.717, 1.165) is 18.4 Å². The first-order valence-electron chi connectivity index (χ1n) is 6.84. The summed E-state index contributed by atoms with van der Waals surface area (Å²) < 4.78 is 12.9. The summed E-state index contributed by atoms with van der Waals surface area (Å²) in [6.07, 6.45) is 2.64. The lowest BCUT2D eigenvalue weighted by Gasteiger charge is -2.24. The molecule has 1 aromatic rings. The van der Waals surface area contributed by atoms with Crippen molar-refractivity contribution in [3.05, 3.63) is 35.6 Å². The number of benzene rings is 1. The molecule has 0 heterocycles. The summed E-state index contributed by atoms with van der Waals surface area (Å²) in [5.41, 5.74) is 6.54. The van der Waals surface area contributed by atoms with Crippen molar-refractivity contribution in [3.63, 3.8) is 0 Å². The zero-order valence-electron chi connectivity index (χ0n) is 11.3. The molecule has 1 aliphatic carbocycles. The van der Waals surface area contributed by atoms with Crippen LogP contribution in [0.2, 0.25) is 0 Å². The lowest BCUT2D eigenvalue weighted by Crippen LogP contribution is -2.34. The molecule has 1 saturated carbocycles. The number of nitrogens with two attached hydrogens (primary N) is 1. The summed E-state index contributed by atoms with van der Waals surface area (Å²) in [6, 6.07) is 6.72. The van der Waals surface area contributed by atoms with E-state index in [2.05, 4.69) is 0 Å². The van der Waals surface area contributed by atoms with Gasteiger partial charge < -0.3 is 10.6 Å². The maximum absolute atomic E-state index is 12.9. The molecule has 1 amide bonds. The molecule has 0 aromatic heterocycles. The summed E-state index contributed by atoms with van der Waals surface area (Å²) >= 11 is 0. The normalized spacial score (nSPS) is 16.2. The molecular formula is C15H21FN2O. The van der Waals surface area contributed by atoms with Crippen LogP contribution < -0.4 is 5.73 Å². The molecule has 0 aliphatic heterocycles. The summed E-state index contributed by atoms with van der Waals surface area (Å²) in [4.78, 5) is 14.2. The molecule has 1 aliphatic rings. The van der Waals surface area contributed by atoms with Crippen LogP contribution in [0.3, 0.4) is 0 Å². The number of halogens is 1. The van der Waals surface area contributed by atoms with E-state index in [0.29, 0.717) is 25.6 Å². The molecule has 1 unspecified atom stereocenters. The van der Waals surface area contributed by atoms with Gasteiger partial charge in [0.25, 0.3) is 0 Å². The Morgan fingerprint density at radius 1 is 1.42 bits per heavy atom. The molecule has 19 heavy (non-hydrogen) atoms. The van der Waals surface area contributed by atoms with Crippen molar-refractivity contribution < 1.29 is 9.18 Å². The summed E-state index contributed by atoms with van der Waals surface area (Å²) in [7, 11) is 0. The molecule has 0 radical (unpaired) electrons. The van der Waals surface area contributed by atoms with Gasteiger partial charge in [-0.25, -0.2) is 4.39 Å². The quantitative estimate of drug-likeness (QED) is 0.857. The van der Waals surface area contributed by atoms with E-state index in [-0.39, 0.29) is 17.6 Å². The fourth-order valence-electron chi connectivity index (χ4n) is 2.09. The predicted octanol–water partition coefficient (Wildman–Crippen LogP) is 2.30. The van der Waals surface area contributed by atoms with Gasteiger partial charge >= 0.3 is 0 Å². The Kier molecular flexibility index (Phi) is 4.53. The Balaban J connectivity index is 2.00. The number of hydrogen-bond acceptors (Lipinski definition) is 2. The number of carbonyl (C=O) groups excluding carboxylic acids is 1. The molecule has 0 bridgehead atoms. The highest BCUT2D eigenvalue weighted by atomic mass is 19.1. The van der Waals surface area contributed by atoms with Crippen molar-refractivity contribution in [2.24, 2.45) is 11.7 Å². The van der Waals surface area contributed by atoms with E-state index in [1.54, 1.807) is 12.1 Å². The standard InChI is InChI=1S/C15H21FN2O/c1-11(9-17)8-15(19)18(14-6-7-14)10-12-2-4-13(16)5-3-12/h2-5,11,14H,6-10,17H2,1H3. The Bertz CT molecular complexity index is 428. The van der Waals surface area contributed by atoms with Crippen LogP contribution in [-0.2, 0) is 11.3 Å². The molecule has 1 aromatic carbocycles. The van der Waals surface area contributed by atoms with E-state index >= 15 is 0 Å². The SMILES string of the molecule is CC(CN)CC(=O)N(Cc1ccc(F)cc1)C1CC1. The van der Waals surface area contributed by atoms with Crippen molar-refractivity contribution >= 4 is 5.91 Å². The Labute approximate surface area is 113 Å². The van der Waals surface area contributed by atoms with E-state index in [1.807, 2.05) is 11.8 Å². The third-order valence-electron chi connectivity index (χ3n) is 3.50. The monoisotopic (exact) mass is 264 g/mol. The van der Waals surface area contributed by atoms with Gasteiger partial charge in [-0.2, -0.15) is 0 Å². The van der Waals surface area contributed by atoms with Gasteiger partial charge in [-0.3, -0.25) is 4.79 Å². The van der Waals surface area contributed by atoms with Crippen LogP contribution in [0.4, 0.5) is 4.39 Å². The second-order valence-electron chi connectivity index (χ2n) is 5.42. The number of hydrogen-bond donors (Lipinski definition) is 1. The summed E-state index contributed by atoms with van der Waals surface area (Å²) in [5.74, 6) is 0.122. The number of nitrogens with zero attached hydrogens (tertiary/aromatic N) is 1. The third-order valence-corrected chi connectivity index (χ3v) is 3.50. The van der Waals surface area contributed by atoms with Crippen LogP contribution in [0.1, 0.15) is 31.7 Å². The van der Waals surface area contributed by atoms with Crippen LogP contribution in [0, 0.1) is 11.7 Å². The number of amides is 1. The molecule has 1 atom stereocenters. The molecule has 104 valence electrons. The minimum atomic E-state index is -0.246. The molecular weight excluding hydrogens is 243 g/mol. The zero-order valence-corrected chi connectivity index (χ0v) is 11.3. The molecule has 0 spiro atoms. The Morgan fingerprint density at radius 2 is 2.05 bits per heavy atom. The second-order valence-corrected chi connectivity index (χ2v) is 5.42.